The highest BCUT2D eigenvalue weighted by Gasteiger charge is 2.29. The molecule has 4 rings (SSSR count). The summed E-state index contributed by atoms with van der Waals surface area (Å²) in [6.07, 6.45) is 0.832. The number of nitrogens with one attached hydrogen (secondary N) is 1. The molecule has 7 nitrogen and oxygen atoms in total. The zero-order valence-electron chi connectivity index (χ0n) is 19.4. The van der Waals surface area contributed by atoms with E-state index in [1.54, 1.807) is 19.1 Å². The van der Waals surface area contributed by atoms with Crippen molar-refractivity contribution < 1.29 is 24.2 Å². The fraction of sp³-hybridized carbons (Fsp3) is 0.179. The Balaban J connectivity index is 1.47. The molecule has 7 heteroatoms. The molecule has 3 aromatic carbocycles. The number of ether oxygens (including phenoxy) is 1. The Labute approximate surface area is 203 Å². The summed E-state index contributed by atoms with van der Waals surface area (Å²) in [6.45, 7) is 5.18. The first-order chi connectivity index (χ1) is 16.9. The van der Waals surface area contributed by atoms with Crippen molar-refractivity contribution in [1.29, 1.82) is 0 Å². The number of anilines is 1. The number of nitrogens with zero attached hydrogens (tertiary/aromatic N) is 1. The van der Waals surface area contributed by atoms with Crippen LogP contribution in [0.5, 0.6) is 0 Å². The number of hydrogen-bond acceptors (Lipinski definition) is 4. The highest BCUT2D eigenvalue weighted by atomic mass is 16.5. The number of carbonyl (C=O) groups is 3. The molecule has 0 heterocycles. The Bertz CT molecular complexity index is 1250. The van der Waals surface area contributed by atoms with Gasteiger partial charge in [0.25, 0.3) is 5.91 Å². The number of amides is 2. The molecule has 0 spiro atoms. The highest BCUT2D eigenvalue weighted by Crippen LogP contribution is 2.44. The average molecular weight is 471 g/mol. The lowest BCUT2D eigenvalue weighted by Gasteiger charge is -2.20. The van der Waals surface area contributed by atoms with E-state index < -0.39 is 24.5 Å². The van der Waals surface area contributed by atoms with E-state index in [4.69, 9.17) is 9.84 Å². The van der Waals surface area contributed by atoms with E-state index in [0.717, 1.165) is 32.7 Å². The van der Waals surface area contributed by atoms with E-state index in [2.05, 4.69) is 24.0 Å². The number of carboxylic acid groups (broad SMARTS) is 1. The molecule has 35 heavy (non-hydrogen) atoms. The third-order valence-electron chi connectivity index (χ3n) is 6.03. The van der Waals surface area contributed by atoms with Crippen LogP contribution in [0.3, 0.4) is 0 Å². The van der Waals surface area contributed by atoms with Gasteiger partial charge in [0, 0.05) is 23.7 Å². The Morgan fingerprint density at radius 3 is 2.26 bits per heavy atom. The molecule has 3 aromatic rings. The van der Waals surface area contributed by atoms with Crippen LogP contribution in [0, 0.1) is 6.92 Å². The first-order valence-corrected chi connectivity index (χ1v) is 11.2. The van der Waals surface area contributed by atoms with Crippen LogP contribution in [0.2, 0.25) is 0 Å². The second-order valence-electron chi connectivity index (χ2n) is 8.35. The first kappa shape index (κ1) is 23.8. The summed E-state index contributed by atoms with van der Waals surface area (Å²) in [5, 5.41) is 11.8. The summed E-state index contributed by atoms with van der Waals surface area (Å²) in [6, 6.07) is 21.0. The monoisotopic (exact) mass is 470 g/mol. The molecule has 0 aromatic heterocycles. The van der Waals surface area contributed by atoms with Crippen LogP contribution >= 0.6 is 0 Å². The lowest BCUT2D eigenvalue weighted by atomic mass is 9.98. The van der Waals surface area contributed by atoms with Gasteiger partial charge in [-0.15, -0.1) is 6.58 Å². The molecule has 0 fully saturated rings. The molecular weight excluding hydrogens is 444 g/mol. The number of rotatable bonds is 8. The van der Waals surface area contributed by atoms with Crippen LogP contribution in [-0.2, 0) is 9.53 Å². The molecule has 1 aliphatic rings. The van der Waals surface area contributed by atoms with Crippen molar-refractivity contribution >= 4 is 23.7 Å². The van der Waals surface area contributed by atoms with E-state index >= 15 is 0 Å². The highest BCUT2D eigenvalue weighted by molar-refractivity contribution is 5.98. The second kappa shape index (κ2) is 10.3. The van der Waals surface area contributed by atoms with E-state index in [1.165, 1.54) is 12.1 Å². The summed E-state index contributed by atoms with van der Waals surface area (Å²) >= 11 is 0. The minimum absolute atomic E-state index is 0.0642. The van der Waals surface area contributed by atoms with Crippen LogP contribution in [0.1, 0.15) is 33.0 Å². The quantitative estimate of drug-likeness (QED) is 0.448. The van der Waals surface area contributed by atoms with E-state index in [9.17, 15) is 14.4 Å². The van der Waals surface area contributed by atoms with Gasteiger partial charge < -0.3 is 14.7 Å². The summed E-state index contributed by atoms with van der Waals surface area (Å²) in [5.74, 6) is -1.65. The number of hydrogen-bond donors (Lipinski definition) is 2. The molecule has 0 aliphatic heterocycles. The molecule has 0 saturated heterocycles. The normalized spacial score (nSPS) is 11.8. The zero-order valence-corrected chi connectivity index (χ0v) is 19.4. The van der Waals surface area contributed by atoms with Crippen molar-refractivity contribution in [1.82, 2.24) is 4.90 Å². The van der Waals surface area contributed by atoms with Crippen LogP contribution in [-0.4, -0.2) is 47.7 Å². The molecular formula is C28H26N2O5. The molecule has 178 valence electrons. The van der Waals surface area contributed by atoms with Crippen molar-refractivity contribution in [2.75, 3.05) is 25.0 Å². The van der Waals surface area contributed by atoms with E-state index in [0.29, 0.717) is 5.69 Å². The number of carboxylic acids is 1. The maximum absolute atomic E-state index is 12.8. The molecule has 1 aliphatic carbocycles. The first-order valence-electron chi connectivity index (χ1n) is 11.2. The lowest BCUT2D eigenvalue weighted by molar-refractivity contribution is -0.137. The molecule has 0 unspecified atom stereocenters. The van der Waals surface area contributed by atoms with Gasteiger partial charge in [0.15, 0.2) is 0 Å². The standard InChI is InChI=1S/C28H26N2O5/c1-3-14-30(16-26(31)32)27(33)19-13-12-18(2)25(15-19)29-28(34)35-17-24-22-10-6-4-8-20(22)21-9-5-7-11-23(21)24/h3-13,15,24H,1,14,16-17H2,2H3,(H,29,34)(H,31,32). The maximum atomic E-state index is 12.8. The number of carbonyl (C=O) groups excluding carboxylic acids is 2. The minimum Gasteiger partial charge on any atom is -0.480 e. The summed E-state index contributed by atoms with van der Waals surface area (Å²) in [5.41, 5.74) is 5.93. The summed E-state index contributed by atoms with van der Waals surface area (Å²) in [4.78, 5) is 37.8. The average Bonchev–Trinajstić information content (AvgIpc) is 3.17. The largest absolute Gasteiger partial charge is 0.480 e. The van der Waals surface area contributed by atoms with E-state index in [1.807, 2.05) is 36.4 Å². The van der Waals surface area contributed by atoms with Crippen LogP contribution in [0.4, 0.5) is 10.5 Å². The molecule has 0 radical (unpaired) electrons. The fourth-order valence-electron chi connectivity index (χ4n) is 4.36. The Morgan fingerprint density at radius 2 is 1.66 bits per heavy atom. The van der Waals surface area contributed by atoms with Gasteiger partial charge >= 0.3 is 12.1 Å². The summed E-state index contributed by atoms with van der Waals surface area (Å²) < 4.78 is 5.60. The molecule has 0 bridgehead atoms. The van der Waals surface area contributed by atoms with Crippen LogP contribution < -0.4 is 5.32 Å². The third-order valence-corrected chi connectivity index (χ3v) is 6.03. The smallest absolute Gasteiger partial charge is 0.411 e. The SMILES string of the molecule is C=CCN(CC(=O)O)C(=O)c1ccc(C)c(NC(=O)OCC2c3ccccc3-c3ccccc32)c1. The van der Waals surface area contributed by atoms with Gasteiger partial charge in [-0.1, -0.05) is 60.7 Å². The zero-order chi connectivity index (χ0) is 24.9. The van der Waals surface area contributed by atoms with Gasteiger partial charge in [0.05, 0.1) is 0 Å². The lowest BCUT2D eigenvalue weighted by Crippen LogP contribution is -2.35. The van der Waals surface area contributed by atoms with Crippen molar-refractivity contribution in [3.63, 3.8) is 0 Å². The van der Waals surface area contributed by atoms with Crippen LogP contribution in [0.15, 0.2) is 79.4 Å². The number of benzene rings is 3. The molecule has 2 N–H and O–H groups in total. The van der Waals surface area contributed by atoms with Gasteiger partial charge in [-0.3, -0.25) is 14.9 Å². The Kier molecular flexibility index (Phi) is 6.96. The molecule has 0 atom stereocenters. The van der Waals surface area contributed by atoms with Gasteiger partial charge in [0.2, 0.25) is 0 Å². The van der Waals surface area contributed by atoms with Gasteiger partial charge in [-0.05, 0) is 46.9 Å². The van der Waals surface area contributed by atoms with Gasteiger partial charge in [-0.2, -0.15) is 0 Å². The Morgan fingerprint density at radius 1 is 1.03 bits per heavy atom. The molecule has 2 amide bonds. The predicted molar refractivity (Wildman–Crippen MR) is 134 cm³/mol. The fourth-order valence-corrected chi connectivity index (χ4v) is 4.36. The minimum atomic E-state index is -1.12. The number of fused-ring (bicyclic) bond motifs is 3. The van der Waals surface area contributed by atoms with Gasteiger partial charge in [0.1, 0.15) is 13.2 Å². The maximum Gasteiger partial charge on any atom is 0.411 e. The third kappa shape index (κ3) is 5.09. The van der Waals surface area contributed by atoms with Crippen LogP contribution in [0.25, 0.3) is 11.1 Å². The number of aryl methyl sites for hydroxylation is 1. The van der Waals surface area contributed by atoms with Crippen molar-refractivity contribution in [2.24, 2.45) is 0 Å². The van der Waals surface area contributed by atoms with Crippen molar-refractivity contribution in [3.05, 3.63) is 102 Å². The van der Waals surface area contributed by atoms with Crippen molar-refractivity contribution in [2.45, 2.75) is 12.8 Å². The number of aliphatic carboxylic acids is 1. The topological polar surface area (TPSA) is 95.9 Å². The molecule has 0 saturated carbocycles. The Hall–Kier alpha value is -4.39. The van der Waals surface area contributed by atoms with E-state index in [-0.39, 0.29) is 24.6 Å². The van der Waals surface area contributed by atoms with Gasteiger partial charge in [-0.25, -0.2) is 4.79 Å². The second-order valence-corrected chi connectivity index (χ2v) is 8.35. The van der Waals surface area contributed by atoms with Crippen molar-refractivity contribution in [3.8, 4) is 11.1 Å². The summed E-state index contributed by atoms with van der Waals surface area (Å²) in [7, 11) is 0. The predicted octanol–water partition coefficient (Wildman–Crippen LogP) is 5.07.